The molecule has 76 valence electrons. The molecular weight excluding hydrogens is 192 g/mol. The molecule has 0 saturated heterocycles. The summed E-state index contributed by atoms with van der Waals surface area (Å²) in [6.07, 6.45) is 5.16. The van der Waals surface area contributed by atoms with Crippen molar-refractivity contribution in [2.24, 2.45) is 0 Å². The largest absolute Gasteiger partial charge is 0.324 e. The van der Waals surface area contributed by atoms with Gasteiger partial charge in [0.1, 0.15) is 0 Å². The summed E-state index contributed by atoms with van der Waals surface area (Å²) in [5, 5.41) is 9.22. The van der Waals surface area contributed by atoms with E-state index in [1.807, 2.05) is 0 Å². The van der Waals surface area contributed by atoms with Crippen LogP contribution in [0.15, 0.2) is 36.8 Å². The minimum Gasteiger partial charge on any atom is -0.324 e. The van der Waals surface area contributed by atoms with Gasteiger partial charge < -0.3 is 5.32 Å². The highest BCUT2D eigenvalue weighted by Crippen LogP contribution is 2.03. The lowest BCUT2D eigenvalue weighted by molar-refractivity contribution is -0.115. The number of carbonyl (C=O) groups excluding carboxylic acids is 1. The summed E-state index contributed by atoms with van der Waals surface area (Å²) < 4.78 is 0. The summed E-state index contributed by atoms with van der Waals surface area (Å²) in [6, 6.07) is 5.33. The van der Waals surface area contributed by atoms with Crippen LogP contribution in [0, 0.1) is 0 Å². The number of anilines is 1. The number of aromatic nitrogens is 3. The van der Waals surface area contributed by atoms with Crippen LogP contribution in [0.2, 0.25) is 0 Å². The normalized spacial score (nSPS) is 9.87. The minimum atomic E-state index is -0.0905. The van der Waals surface area contributed by atoms with Crippen molar-refractivity contribution in [2.75, 3.05) is 5.32 Å². The first-order valence-corrected chi connectivity index (χ1v) is 4.53. The van der Waals surface area contributed by atoms with Gasteiger partial charge in [0.25, 0.3) is 0 Å². The fraction of sp³-hybridized carbons (Fsp3) is 0.100. The van der Waals surface area contributed by atoms with Crippen molar-refractivity contribution in [3.63, 3.8) is 0 Å². The monoisotopic (exact) mass is 202 g/mol. The van der Waals surface area contributed by atoms with Gasteiger partial charge in [-0.2, -0.15) is 5.10 Å². The van der Waals surface area contributed by atoms with Gasteiger partial charge in [0.05, 0.1) is 18.3 Å². The Morgan fingerprint density at radius 2 is 2.33 bits per heavy atom. The number of nitrogens with one attached hydrogen (secondary N) is 2. The Kier molecular flexibility index (Phi) is 2.73. The number of rotatable bonds is 3. The molecule has 2 rings (SSSR count). The quantitative estimate of drug-likeness (QED) is 0.779. The van der Waals surface area contributed by atoms with E-state index >= 15 is 0 Å². The van der Waals surface area contributed by atoms with E-state index in [1.165, 1.54) is 0 Å². The molecule has 0 spiro atoms. The zero-order chi connectivity index (χ0) is 10.5. The van der Waals surface area contributed by atoms with Gasteiger partial charge in [-0.05, 0) is 18.2 Å². The second-order valence-electron chi connectivity index (χ2n) is 3.05. The van der Waals surface area contributed by atoms with Gasteiger partial charge in [0, 0.05) is 18.1 Å². The number of carbonyl (C=O) groups is 1. The highest BCUT2D eigenvalue weighted by Gasteiger charge is 2.04. The number of amides is 1. The molecule has 0 aliphatic rings. The molecule has 2 aromatic heterocycles. The number of aromatic amines is 1. The van der Waals surface area contributed by atoms with Crippen molar-refractivity contribution in [3.8, 4) is 0 Å². The number of hydrogen-bond acceptors (Lipinski definition) is 3. The highest BCUT2D eigenvalue weighted by atomic mass is 16.1. The first-order chi connectivity index (χ1) is 7.34. The second kappa shape index (κ2) is 4.36. The lowest BCUT2D eigenvalue weighted by Gasteiger charge is -2.02. The van der Waals surface area contributed by atoms with Crippen LogP contribution in [0.3, 0.4) is 0 Å². The number of nitrogens with zero attached hydrogens (tertiary/aromatic N) is 2. The molecule has 0 unspecified atom stereocenters. The van der Waals surface area contributed by atoms with Crippen molar-refractivity contribution in [3.05, 3.63) is 42.5 Å². The molecule has 0 bridgehead atoms. The highest BCUT2D eigenvalue weighted by molar-refractivity contribution is 5.91. The van der Waals surface area contributed by atoms with Crippen LogP contribution >= 0.6 is 0 Å². The fourth-order valence-electron chi connectivity index (χ4n) is 1.20. The summed E-state index contributed by atoms with van der Waals surface area (Å²) in [5.74, 6) is -0.0905. The minimum absolute atomic E-state index is 0.0905. The van der Waals surface area contributed by atoms with Gasteiger partial charge in [0.15, 0.2) is 0 Å². The van der Waals surface area contributed by atoms with Gasteiger partial charge in [-0.3, -0.25) is 14.9 Å². The maximum absolute atomic E-state index is 11.5. The Hall–Kier alpha value is -2.17. The van der Waals surface area contributed by atoms with Crippen molar-refractivity contribution >= 4 is 11.6 Å². The van der Waals surface area contributed by atoms with Crippen molar-refractivity contribution < 1.29 is 4.79 Å². The molecular formula is C10H10N4O. The summed E-state index contributed by atoms with van der Waals surface area (Å²) in [7, 11) is 0. The molecule has 0 aliphatic carbocycles. The molecule has 0 aliphatic heterocycles. The summed E-state index contributed by atoms with van der Waals surface area (Å²) in [4.78, 5) is 15.4. The van der Waals surface area contributed by atoms with Gasteiger partial charge in [-0.25, -0.2) is 0 Å². The van der Waals surface area contributed by atoms with E-state index < -0.39 is 0 Å². The molecule has 5 heteroatoms. The van der Waals surface area contributed by atoms with Gasteiger partial charge >= 0.3 is 0 Å². The van der Waals surface area contributed by atoms with Crippen LogP contribution in [0.5, 0.6) is 0 Å². The third kappa shape index (κ3) is 2.63. The van der Waals surface area contributed by atoms with Gasteiger partial charge in [0.2, 0.25) is 5.91 Å². The Morgan fingerprint density at radius 3 is 3.00 bits per heavy atom. The molecule has 0 atom stereocenters. The first-order valence-electron chi connectivity index (χ1n) is 4.53. The predicted octanol–water partition coefficient (Wildman–Crippen LogP) is 0.986. The second-order valence-corrected chi connectivity index (χ2v) is 3.05. The van der Waals surface area contributed by atoms with E-state index in [4.69, 9.17) is 0 Å². The van der Waals surface area contributed by atoms with E-state index in [-0.39, 0.29) is 12.3 Å². The van der Waals surface area contributed by atoms with E-state index in [1.54, 1.807) is 36.8 Å². The maximum Gasteiger partial charge on any atom is 0.230 e. The van der Waals surface area contributed by atoms with E-state index in [9.17, 15) is 4.79 Å². The van der Waals surface area contributed by atoms with Crippen LogP contribution in [0.25, 0.3) is 0 Å². The number of pyridine rings is 1. The van der Waals surface area contributed by atoms with Gasteiger partial charge in [-0.15, -0.1) is 0 Å². The molecule has 0 aromatic carbocycles. The summed E-state index contributed by atoms with van der Waals surface area (Å²) in [5.41, 5.74) is 1.48. The lowest BCUT2D eigenvalue weighted by atomic mass is 10.3. The molecule has 5 nitrogen and oxygen atoms in total. The topological polar surface area (TPSA) is 70.7 Å². The zero-order valence-electron chi connectivity index (χ0n) is 7.97. The average molecular weight is 202 g/mol. The summed E-state index contributed by atoms with van der Waals surface area (Å²) in [6.45, 7) is 0. The van der Waals surface area contributed by atoms with Crippen LogP contribution in [0.1, 0.15) is 5.69 Å². The third-order valence-electron chi connectivity index (χ3n) is 1.85. The smallest absolute Gasteiger partial charge is 0.230 e. The molecule has 0 radical (unpaired) electrons. The summed E-state index contributed by atoms with van der Waals surface area (Å²) >= 11 is 0. The molecule has 1 amide bonds. The standard InChI is InChI=1S/C10H10N4O/c15-10(6-8-3-5-12-14-8)13-9-2-1-4-11-7-9/h1-5,7H,6H2,(H,12,14)(H,13,15). The van der Waals surface area contributed by atoms with Crippen LogP contribution in [-0.4, -0.2) is 21.1 Å². The SMILES string of the molecule is O=C(Cc1ccn[nH]1)Nc1cccnc1. The molecule has 0 fully saturated rings. The third-order valence-corrected chi connectivity index (χ3v) is 1.85. The Bertz CT molecular complexity index is 424. The predicted molar refractivity (Wildman–Crippen MR) is 55.2 cm³/mol. The van der Waals surface area contributed by atoms with E-state index in [0.29, 0.717) is 5.69 Å². The zero-order valence-corrected chi connectivity index (χ0v) is 7.97. The Balaban J connectivity index is 1.94. The number of hydrogen-bond donors (Lipinski definition) is 2. The van der Waals surface area contributed by atoms with Crippen molar-refractivity contribution in [1.82, 2.24) is 15.2 Å². The van der Waals surface area contributed by atoms with Crippen molar-refractivity contribution in [1.29, 1.82) is 0 Å². The van der Waals surface area contributed by atoms with Crippen molar-refractivity contribution in [2.45, 2.75) is 6.42 Å². The van der Waals surface area contributed by atoms with Crippen LogP contribution in [-0.2, 0) is 11.2 Å². The van der Waals surface area contributed by atoms with Crippen LogP contribution in [0.4, 0.5) is 5.69 Å². The van der Waals surface area contributed by atoms with E-state index in [2.05, 4.69) is 20.5 Å². The molecule has 2 heterocycles. The Morgan fingerprint density at radius 1 is 1.40 bits per heavy atom. The fourth-order valence-corrected chi connectivity index (χ4v) is 1.20. The molecule has 0 saturated carbocycles. The average Bonchev–Trinajstić information content (AvgIpc) is 2.71. The molecule has 15 heavy (non-hydrogen) atoms. The molecule has 2 aromatic rings. The maximum atomic E-state index is 11.5. The molecule has 2 N–H and O–H groups in total. The van der Waals surface area contributed by atoms with Crippen LogP contribution < -0.4 is 5.32 Å². The Labute approximate surface area is 86.5 Å². The van der Waals surface area contributed by atoms with E-state index in [0.717, 1.165) is 5.69 Å². The lowest BCUT2D eigenvalue weighted by Crippen LogP contribution is -2.14. The first kappa shape index (κ1) is 9.39. The van der Waals surface area contributed by atoms with Gasteiger partial charge in [-0.1, -0.05) is 0 Å². The number of H-pyrrole nitrogens is 1.